The molecule has 0 amide bonds. The van der Waals surface area contributed by atoms with Gasteiger partial charge in [0, 0.05) is 85.9 Å². The number of carbonyl (C=O) groups is 2. The molecule has 11 heteroatoms. The van der Waals surface area contributed by atoms with Crippen LogP contribution in [0.2, 0.25) is 0 Å². The Morgan fingerprint density at radius 2 is 0.650 bits per heavy atom. The first-order valence-electron chi connectivity index (χ1n) is 41.3. The smallest absolute Gasteiger partial charge is 0.337 e. The van der Waals surface area contributed by atoms with Gasteiger partial charge in [0.2, 0.25) is 0 Å². The fourth-order valence-corrected chi connectivity index (χ4v) is 19.6. The van der Waals surface area contributed by atoms with E-state index in [0.717, 1.165) is 36.8 Å². The molecule has 21 aromatic rings. The van der Waals surface area contributed by atoms with Crippen LogP contribution in [0.4, 0.5) is 0 Å². The molecule has 0 saturated heterocycles. The van der Waals surface area contributed by atoms with Crippen molar-refractivity contribution >= 4 is 155 Å². The molecule has 2 radical (unpaired) electrons. The summed E-state index contributed by atoms with van der Waals surface area (Å²) in [5, 5.41) is 33.8. The van der Waals surface area contributed by atoms with E-state index in [0.29, 0.717) is 11.0 Å². The third kappa shape index (κ3) is 13.2. The molecule has 0 saturated carbocycles. The number of Topliss-reactive ketones (excluding diaryl/α,β-unsaturated/α-hetero) is 1. The Hall–Kier alpha value is -13.8. The average molecular weight is 1720 g/mol. The molecule has 3 aromatic heterocycles. The summed E-state index contributed by atoms with van der Waals surface area (Å²) in [6.45, 7) is 7.97. The number of rotatable bonds is 8. The molecule has 18 aromatic carbocycles. The molecule has 8 nitrogen and oxygen atoms in total. The number of carbonyl (C=O) groups excluding carboxylic acids is 2. The number of nitrogens with one attached hydrogen (secondary N) is 1. The number of aromatic nitrogens is 3. The molecule has 0 atom stereocenters. The van der Waals surface area contributed by atoms with Crippen LogP contribution in [-0.4, -0.2) is 62.2 Å². The number of nitrogens with zero attached hydrogens (tertiary/aromatic N) is 2. The second-order valence-electron chi connectivity index (χ2n) is 32.7. The molecule has 123 heavy (non-hydrogen) atoms. The van der Waals surface area contributed by atoms with E-state index < -0.39 is 17.2 Å². The maximum atomic E-state index is 12.9. The molecule has 3 heterocycles. The summed E-state index contributed by atoms with van der Waals surface area (Å²) >= 11 is 7.74. The van der Waals surface area contributed by atoms with Crippen molar-refractivity contribution in [2.45, 2.75) is 45.8 Å². The van der Waals surface area contributed by atoms with Crippen LogP contribution in [-0.2, 0) is 4.74 Å². The lowest BCUT2D eigenvalue weighted by atomic mass is 9.86. The Morgan fingerprint density at radius 1 is 0.309 bits per heavy atom. The number of hydrogen-bond donors (Lipinski definition) is 3. The number of hydrogen-bond acceptors (Lipinski definition) is 5. The monoisotopic (exact) mass is 1720 g/mol. The van der Waals surface area contributed by atoms with Crippen LogP contribution >= 0.6 is 31.9 Å². The lowest BCUT2D eigenvalue weighted by Crippen LogP contribution is -2.44. The summed E-state index contributed by atoms with van der Waals surface area (Å²) in [4.78, 5) is 27.4. The highest BCUT2D eigenvalue weighted by Gasteiger charge is 2.33. The normalized spacial score (nSPS) is 11.9. The number of esters is 1. The minimum absolute atomic E-state index is 0.0708. The van der Waals surface area contributed by atoms with Crippen LogP contribution in [0.5, 0.6) is 0 Å². The Morgan fingerprint density at radius 3 is 1.11 bits per heavy atom. The molecule has 3 N–H and O–H groups in total. The third-order valence-corrected chi connectivity index (χ3v) is 26.3. The maximum Gasteiger partial charge on any atom is 0.337 e. The van der Waals surface area contributed by atoms with Crippen LogP contribution in [0.25, 0.3) is 209 Å². The average Bonchev–Trinajstić information content (AvgIpc) is 1.40. The molecule has 590 valence electrons. The minimum atomic E-state index is -1.01. The van der Waals surface area contributed by atoms with Crippen LogP contribution in [0.3, 0.4) is 0 Å². The minimum Gasteiger partial charge on any atom is -0.465 e. The molecule has 0 aliphatic heterocycles. The topological polar surface area (TPSA) is 109 Å². The highest BCUT2D eigenvalue weighted by Crippen LogP contribution is 2.56. The van der Waals surface area contributed by atoms with Crippen molar-refractivity contribution in [2.75, 3.05) is 7.11 Å². The zero-order chi connectivity index (χ0) is 84.3. The number of benzene rings is 18. The van der Waals surface area contributed by atoms with E-state index >= 15 is 0 Å². The van der Waals surface area contributed by atoms with E-state index in [1.54, 1.807) is 58.9 Å². The number of aliphatic hydroxyl groups is 2. The zero-order valence-corrected chi connectivity index (χ0v) is 71.6. The van der Waals surface area contributed by atoms with Gasteiger partial charge in [-0.25, -0.2) is 4.79 Å². The molecule has 0 spiro atoms. The summed E-state index contributed by atoms with van der Waals surface area (Å²) in [6, 6.07) is 127. The zero-order valence-electron chi connectivity index (χ0n) is 68.4. The predicted octanol–water partition coefficient (Wildman–Crippen LogP) is 28.8. The van der Waals surface area contributed by atoms with Crippen LogP contribution in [0.1, 0.15) is 55.3 Å². The molecule has 3 aliphatic carbocycles. The Bertz CT molecular complexity index is 7870. The van der Waals surface area contributed by atoms with Gasteiger partial charge in [0.15, 0.2) is 5.78 Å². The van der Waals surface area contributed by atoms with Crippen LogP contribution in [0, 0.1) is 0 Å². The first-order chi connectivity index (χ1) is 59.8. The second-order valence-corrected chi connectivity index (χ2v) is 34.4. The Kier molecular flexibility index (Phi) is 19.6. The lowest BCUT2D eigenvalue weighted by molar-refractivity contribution is -0.107. The summed E-state index contributed by atoms with van der Waals surface area (Å²) < 4.78 is 11.6. The summed E-state index contributed by atoms with van der Waals surface area (Å²) in [5.41, 5.74) is 31.2. The lowest BCUT2D eigenvalue weighted by Gasteiger charge is -2.31. The van der Waals surface area contributed by atoms with Gasteiger partial charge in [-0.2, -0.15) is 0 Å². The maximum absolute atomic E-state index is 12.9. The van der Waals surface area contributed by atoms with Gasteiger partial charge in [0.1, 0.15) is 7.85 Å². The molecule has 3 aliphatic rings. The van der Waals surface area contributed by atoms with E-state index in [1.807, 2.05) is 18.2 Å². The SMILES string of the molecule is Brc1ccc2[nH]c3ccc4cccc5c4c3c2c1-c1ccccc1-5.Brc1ccc2c3c1-c1ccccc1-c1cccc4ccc(c3c14)n2-c1ccc(-c2ccccc2)cc1.CC(=O)c1ccccc1-c1ccc2c3c1-c1ccccc1-c1cccc4ccc(c3c14)n2-c1ccc(-c2ccccc2)cc1.CC(C)(O)C(C)(C)O.[B]c1ccccc1C(=O)OC. The predicted molar refractivity (Wildman–Crippen MR) is 521 cm³/mol. The van der Waals surface area contributed by atoms with Crippen LogP contribution < -0.4 is 5.46 Å². The van der Waals surface area contributed by atoms with Gasteiger partial charge in [-0.05, 0) is 229 Å². The first-order valence-corrected chi connectivity index (χ1v) is 42.9. The van der Waals surface area contributed by atoms with Crippen molar-refractivity contribution in [1.82, 2.24) is 14.1 Å². The van der Waals surface area contributed by atoms with Gasteiger partial charge in [-0.1, -0.05) is 316 Å². The molecule has 0 fully saturated rings. The van der Waals surface area contributed by atoms with Crippen LogP contribution in [0.15, 0.2) is 367 Å². The standard InChI is InChI=1S/C42H27NO.C34H20BrN.C22H12BrN.C8H7BO2.C6H14O2/c1-26(44)31-13-5-6-14-32(31)36-23-25-38-42-40(36)35-16-8-7-15-33(35)34-17-9-12-29-20-24-37(41(42)39(29)34)43(38)30-21-18-28(19-22-30)27-10-3-2-4-11-27;35-28-18-20-30-34-32(28)27-11-5-4-10-25(27)26-12-6-9-23-15-19-29(33(34)31(23)26)36(30)24-16-13-22(14-17-24)21-7-2-1-3-8-21;23-16-9-11-18-22-20(16)15-6-2-1-5-13(15)14-7-3-4-12-8-10-17(24-18)21(22)19(12)14;1-11-8(10)6-4-2-3-5-7(6)9;1-5(2,7)6(3,4)8/h2-25H,1H3;1-20H;1-11,24H;2-5H,1H3;7-8H,1-4H3. The van der Waals surface area contributed by atoms with E-state index in [-0.39, 0.29) is 5.78 Å². The van der Waals surface area contributed by atoms with Gasteiger partial charge in [0.25, 0.3) is 0 Å². The van der Waals surface area contributed by atoms with Crippen molar-refractivity contribution in [1.29, 1.82) is 0 Å². The summed E-state index contributed by atoms with van der Waals surface area (Å²) in [5.74, 6) is -0.329. The van der Waals surface area contributed by atoms with Crippen molar-refractivity contribution in [3.05, 3.63) is 378 Å². The van der Waals surface area contributed by atoms with Gasteiger partial charge in [-0.15, -0.1) is 0 Å². The second kappa shape index (κ2) is 31.0. The Balaban J connectivity index is 0.000000108. The number of fused-ring (bicyclic) bond motifs is 9. The van der Waals surface area contributed by atoms with E-state index in [9.17, 15) is 9.59 Å². The molecule has 0 unspecified atom stereocenters. The number of aromatic amines is 1. The van der Waals surface area contributed by atoms with Crippen molar-refractivity contribution in [2.24, 2.45) is 0 Å². The third-order valence-electron chi connectivity index (χ3n) is 24.9. The van der Waals surface area contributed by atoms with E-state index in [1.165, 1.54) is 194 Å². The van der Waals surface area contributed by atoms with Crippen molar-refractivity contribution in [3.63, 3.8) is 0 Å². The molecular weight excluding hydrogens is 1640 g/mol. The largest absolute Gasteiger partial charge is 0.465 e. The fourth-order valence-electron chi connectivity index (χ4n) is 18.5. The van der Waals surface area contributed by atoms with Gasteiger partial charge < -0.3 is 29.1 Å². The number of H-pyrrole nitrogens is 1. The summed E-state index contributed by atoms with van der Waals surface area (Å²) in [7, 11) is 6.82. The molecule has 0 bridgehead atoms. The molecular formula is C112H80BBr2N3O5. The van der Waals surface area contributed by atoms with E-state index in [4.69, 9.17) is 18.1 Å². The van der Waals surface area contributed by atoms with E-state index in [2.05, 4.69) is 366 Å². The Labute approximate surface area is 730 Å². The number of methoxy groups -OCH3 is 1. The number of ketones is 1. The first kappa shape index (κ1) is 77.8. The van der Waals surface area contributed by atoms with Gasteiger partial charge in [0.05, 0.1) is 45.9 Å². The molecule has 24 rings (SSSR count). The van der Waals surface area contributed by atoms with Crippen molar-refractivity contribution in [3.8, 4) is 112 Å². The van der Waals surface area contributed by atoms with Crippen molar-refractivity contribution < 1.29 is 24.5 Å². The number of ether oxygens (including phenoxy) is 1. The highest BCUT2D eigenvalue weighted by atomic mass is 79.9. The highest BCUT2D eigenvalue weighted by molar-refractivity contribution is 9.11. The van der Waals surface area contributed by atoms with Gasteiger partial charge in [-0.3, -0.25) is 4.79 Å². The quantitative estimate of drug-likeness (QED) is 0.0798. The number of halogens is 2. The summed E-state index contributed by atoms with van der Waals surface area (Å²) in [6.07, 6.45) is 0. The fraction of sp³-hybridized carbons (Fsp3) is 0.0714. The van der Waals surface area contributed by atoms with Gasteiger partial charge >= 0.3 is 5.97 Å².